The van der Waals surface area contributed by atoms with Crippen LogP contribution in [0.5, 0.6) is 0 Å². The molecule has 1 aliphatic carbocycles. The van der Waals surface area contributed by atoms with E-state index in [0.29, 0.717) is 31.1 Å². The molecular formula is C22H35ClO5. The van der Waals surface area contributed by atoms with Crippen LogP contribution in [0.3, 0.4) is 0 Å². The molecule has 2 N–H and O–H groups in total. The van der Waals surface area contributed by atoms with E-state index in [4.69, 9.17) is 16.3 Å². The molecule has 6 heteroatoms. The second-order valence-corrected chi connectivity index (χ2v) is 8.55. The summed E-state index contributed by atoms with van der Waals surface area (Å²) in [5.41, 5.74) is 0. The number of aliphatic hydroxyl groups excluding tert-OH is 2. The van der Waals surface area contributed by atoms with Gasteiger partial charge in [-0.2, -0.15) is 0 Å². The Labute approximate surface area is 173 Å². The van der Waals surface area contributed by atoms with Gasteiger partial charge in [0.15, 0.2) is 0 Å². The van der Waals surface area contributed by atoms with Crippen molar-refractivity contribution in [3.05, 3.63) is 24.0 Å². The molecule has 5 nitrogen and oxygen atoms in total. The molecule has 1 aliphatic heterocycles. The highest BCUT2D eigenvalue weighted by Gasteiger charge is 2.46. The molecule has 28 heavy (non-hydrogen) atoms. The lowest BCUT2D eigenvalue weighted by molar-refractivity contribution is -0.140. The quantitative estimate of drug-likeness (QED) is 0.231. The number of carbonyl (C=O) groups excluding carboxylic acids is 1. The number of hydrogen-bond acceptors (Lipinski definition) is 5. The first-order valence-electron chi connectivity index (χ1n) is 10.5. The van der Waals surface area contributed by atoms with Crippen LogP contribution in [0.15, 0.2) is 24.0 Å². The maximum absolute atomic E-state index is 11.2. The lowest BCUT2D eigenvalue weighted by atomic mass is 9.90. The summed E-state index contributed by atoms with van der Waals surface area (Å²) in [5.74, 6) is 2.12. The molecule has 0 amide bonds. The minimum atomic E-state index is -0.493. The molecule has 0 unspecified atom stereocenters. The summed E-state index contributed by atoms with van der Waals surface area (Å²) in [6.45, 7) is 2.13. The summed E-state index contributed by atoms with van der Waals surface area (Å²) in [6.07, 6.45) is 11.1. The molecule has 160 valence electrons. The van der Waals surface area contributed by atoms with E-state index in [1.165, 1.54) is 7.11 Å². The van der Waals surface area contributed by atoms with Gasteiger partial charge in [0, 0.05) is 37.0 Å². The van der Waals surface area contributed by atoms with Gasteiger partial charge in [-0.1, -0.05) is 19.1 Å². The van der Waals surface area contributed by atoms with E-state index in [1.807, 2.05) is 12.2 Å². The third kappa shape index (κ3) is 7.09. The predicted octanol–water partition coefficient (Wildman–Crippen LogP) is 3.96. The molecular weight excluding hydrogens is 380 g/mol. The molecule has 0 aromatic carbocycles. The molecule has 1 saturated carbocycles. The monoisotopic (exact) mass is 414 g/mol. The number of halogens is 1. The lowest BCUT2D eigenvalue weighted by Gasteiger charge is -2.17. The van der Waals surface area contributed by atoms with Crippen molar-refractivity contribution in [1.82, 2.24) is 0 Å². The topological polar surface area (TPSA) is 76.0 Å². The van der Waals surface area contributed by atoms with Crippen LogP contribution in [0.25, 0.3) is 0 Å². The van der Waals surface area contributed by atoms with Gasteiger partial charge in [0.25, 0.3) is 0 Å². The molecule has 2 rings (SSSR count). The summed E-state index contributed by atoms with van der Waals surface area (Å²) in [5, 5.41) is 20.7. The number of esters is 1. The first kappa shape index (κ1) is 23.2. The molecule has 2 fully saturated rings. The number of allylic oxidation sites excluding steroid dienone is 2. The Bertz CT molecular complexity index is 547. The summed E-state index contributed by atoms with van der Waals surface area (Å²) < 4.78 is 10.7. The van der Waals surface area contributed by atoms with Crippen molar-refractivity contribution in [2.24, 2.45) is 17.8 Å². The molecule has 0 aromatic rings. The van der Waals surface area contributed by atoms with Gasteiger partial charge in [0.2, 0.25) is 0 Å². The fourth-order valence-corrected chi connectivity index (χ4v) is 4.44. The minimum Gasteiger partial charge on any atom is -0.495 e. The number of methoxy groups -OCH3 is 1. The molecule has 0 bridgehead atoms. The fourth-order valence-electron chi connectivity index (χ4n) is 4.29. The van der Waals surface area contributed by atoms with Crippen molar-refractivity contribution in [1.29, 1.82) is 0 Å². The maximum atomic E-state index is 11.2. The van der Waals surface area contributed by atoms with Crippen LogP contribution in [0.4, 0.5) is 0 Å². The van der Waals surface area contributed by atoms with Crippen molar-refractivity contribution in [3.8, 4) is 0 Å². The zero-order valence-corrected chi connectivity index (χ0v) is 17.8. The Balaban J connectivity index is 1.81. The van der Waals surface area contributed by atoms with Crippen molar-refractivity contribution in [2.75, 3.05) is 13.0 Å². The Hall–Kier alpha value is -1.04. The van der Waals surface area contributed by atoms with Gasteiger partial charge in [0.05, 0.1) is 25.1 Å². The van der Waals surface area contributed by atoms with Crippen LogP contribution in [-0.2, 0) is 14.3 Å². The zero-order valence-electron chi connectivity index (χ0n) is 17.1. The maximum Gasteiger partial charge on any atom is 0.305 e. The number of unbranched alkanes of at least 4 members (excludes halogenated alkanes) is 1. The van der Waals surface area contributed by atoms with Gasteiger partial charge in [-0.25, -0.2) is 0 Å². The highest BCUT2D eigenvalue weighted by Crippen LogP contribution is 2.45. The predicted molar refractivity (Wildman–Crippen MR) is 110 cm³/mol. The summed E-state index contributed by atoms with van der Waals surface area (Å²) in [4.78, 5) is 11.2. The molecule has 2 aliphatic rings. The Morgan fingerprint density at radius 1 is 1.43 bits per heavy atom. The van der Waals surface area contributed by atoms with Crippen molar-refractivity contribution < 1.29 is 24.5 Å². The fraction of sp³-hybridized carbons (Fsp3) is 0.773. The van der Waals surface area contributed by atoms with Crippen molar-refractivity contribution in [3.63, 3.8) is 0 Å². The average molecular weight is 415 g/mol. The van der Waals surface area contributed by atoms with Crippen molar-refractivity contribution >= 4 is 17.6 Å². The number of hydrogen-bond donors (Lipinski definition) is 2. The Morgan fingerprint density at radius 2 is 2.21 bits per heavy atom. The third-order valence-corrected chi connectivity index (χ3v) is 6.11. The Kier molecular flexibility index (Phi) is 9.83. The summed E-state index contributed by atoms with van der Waals surface area (Å²) >= 11 is 5.73. The smallest absolute Gasteiger partial charge is 0.305 e. The summed E-state index contributed by atoms with van der Waals surface area (Å²) in [6, 6.07) is 0. The number of alkyl halides is 1. The van der Waals surface area contributed by atoms with Gasteiger partial charge in [-0.05, 0) is 44.1 Å². The second kappa shape index (κ2) is 11.8. The van der Waals surface area contributed by atoms with Crippen molar-refractivity contribution in [2.45, 2.75) is 76.6 Å². The number of carbonyl (C=O) groups is 1. The van der Waals surface area contributed by atoms with E-state index >= 15 is 0 Å². The zero-order chi connectivity index (χ0) is 20.5. The number of ether oxygens (including phenoxy) is 2. The first-order chi connectivity index (χ1) is 13.4. The normalized spacial score (nSPS) is 30.4. The van der Waals surface area contributed by atoms with Gasteiger partial charge >= 0.3 is 5.97 Å². The SMILES string of the molecule is COC(=O)CCC/C=C1/C[C@@H]2[C@@H](/C=C/[C@@H](O)C[C@H](C)CCCCl)[C@H](O)C[C@@H]2O1. The van der Waals surface area contributed by atoms with Crippen LogP contribution in [-0.4, -0.2) is 47.5 Å². The largest absolute Gasteiger partial charge is 0.495 e. The second-order valence-electron chi connectivity index (χ2n) is 8.17. The van der Waals surface area contributed by atoms with Crippen LogP contribution in [0.1, 0.15) is 58.3 Å². The van der Waals surface area contributed by atoms with Gasteiger partial charge < -0.3 is 19.7 Å². The number of fused-ring (bicyclic) bond motifs is 1. The first-order valence-corrected chi connectivity index (χ1v) is 11.0. The Morgan fingerprint density at radius 3 is 2.93 bits per heavy atom. The molecule has 0 aromatic heterocycles. The van der Waals surface area contributed by atoms with Gasteiger partial charge in [-0.3, -0.25) is 4.79 Å². The van der Waals surface area contributed by atoms with Crippen LogP contribution < -0.4 is 0 Å². The molecule has 1 saturated heterocycles. The van der Waals surface area contributed by atoms with E-state index in [0.717, 1.165) is 37.9 Å². The van der Waals surface area contributed by atoms with Gasteiger partial charge in [-0.15, -0.1) is 11.6 Å². The molecule has 0 radical (unpaired) electrons. The van der Waals surface area contributed by atoms with E-state index in [1.54, 1.807) is 0 Å². The molecule has 1 heterocycles. The van der Waals surface area contributed by atoms with Crippen LogP contribution >= 0.6 is 11.6 Å². The average Bonchev–Trinajstić information content (AvgIpc) is 3.18. The van der Waals surface area contributed by atoms with E-state index in [2.05, 4.69) is 17.7 Å². The van der Waals surface area contributed by atoms with E-state index in [9.17, 15) is 15.0 Å². The highest BCUT2D eigenvalue weighted by atomic mass is 35.5. The minimum absolute atomic E-state index is 0.0127. The van der Waals surface area contributed by atoms with E-state index < -0.39 is 12.2 Å². The van der Waals surface area contributed by atoms with Crippen LogP contribution in [0.2, 0.25) is 0 Å². The standard InChI is InChI=1S/C22H35ClO5/c1-15(6-5-11-23)12-16(24)9-10-18-19-13-17(28-21(19)14-20(18)25)7-3-4-8-22(26)27-2/h7,9-10,15-16,18-21,24-25H,3-6,8,11-14H2,1-2H3/b10-9+,17-7-/t15-,16-,18-,19-,20-,21+/m1/s1. The van der Waals surface area contributed by atoms with Gasteiger partial charge in [0.1, 0.15) is 6.10 Å². The molecule has 6 atom stereocenters. The lowest BCUT2D eigenvalue weighted by Crippen LogP contribution is -2.18. The summed E-state index contributed by atoms with van der Waals surface area (Å²) in [7, 11) is 1.40. The highest BCUT2D eigenvalue weighted by molar-refractivity contribution is 6.17. The third-order valence-electron chi connectivity index (χ3n) is 5.84. The number of aliphatic hydroxyl groups is 2. The molecule has 0 spiro atoms. The van der Waals surface area contributed by atoms with E-state index in [-0.39, 0.29) is 23.9 Å². The van der Waals surface area contributed by atoms with Crippen LogP contribution in [0, 0.1) is 17.8 Å². The number of rotatable bonds is 11.